The van der Waals surface area contributed by atoms with E-state index in [0.29, 0.717) is 54.5 Å². The molecule has 0 atom stereocenters. The second-order valence-corrected chi connectivity index (χ2v) is 11.0. The fourth-order valence-electron chi connectivity index (χ4n) is 4.63. The van der Waals surface area contributed by atoms with Crippen LogP contribution >= 0.6 is 0 Å². The average Bonchev–Trinajstić information content (AvgIpc) is 3.26. The number of benzene rings is 2. The summed E-state index contributed by atoms with van der Waals surface area (Å²) in [5, 5.41) is 16.3. The highest BCUT2D eigenvalue weighted by Gasteiger charge is 2.24. The van der Waals surface area contributed by atoms with Gasteiger partial charge in [0.15, 0.2) is 0 Å². The first-order valence-electron chi connectivity index (χ1n) is 13.4. The minimum atomic E-state index is -0.626. The van der Waals surface area contributed by atoms with Gasteiger partial charge in [0.1, 0.15) is 24.0 Å². The number of alkyl carbamates (subject to hydrolysis) is 1. The van der Waals surface area contributed by atoms with Gasteiger partial charge < -0.3 is 24.2 Å². The number of carbonyl (C=O) groups excluding carboxylic acids is 2. The van der Waals surface area contributed by atoms with E-state index >= 15 is 0 Å². The van der Waals surface area contributed by atoms with Crippen LogP contribution in [-0.2, 0) is 22.4 Å². The van der Waals surface area contributed by atoms with Gasteiger partial charge in [0.05, 0.1) is 11.7 Å². The van der Waals surface area contributed by atoms with Crippen molar-refractivity contribution in [1.29, 1.82) is 5.26 Å². The largest absolute Gasteiger partial charge is 0.490 e. The fraction of sp³-hybridized carbons (Fsp3) is 0.433. The second-order valence-electron chi connectivity index (χ2n) is 11.0. The minimum absolute atomic E-state index is 0.0526. The highest BCUT2D eigenvalue weighted by Crippen LogP contribution is 2.31. The lowest BCUT2D eigenvalue weighted by Gasteiger charge is -2.22. The van der Waals surface area contributed by atoms with Crippen molar-refractivity contribution in [2.75, 3.05) is 19.6 Å². The molecule has 0 bridgehead atoms. The van der Waals surface area contributed by atoms with Crippen molar-refractivity contribution in [3.8, 4) is 34.7 Å². The van der Waals surface area contributed by atoms with Gasteiger partial charge in [-0.2, -0.15) is 10.2 Å². The summed E-state index contributed by atoms with van der Waals surface area (Å²) in [4.78, 5) is 31.1. The summed E-state index contributed by atoms with van der Waals surface area (Å²) < 4.78 is 16.5. The van der Waals surface area contributed by atoms with Gasteiger partial charge in [-0.05, 0) is 89.3 Å². The molecule has 2 heterocycles. The molecular formula is C30H35N5O5. The zero-order chi connectivity index (χ0) is 29.0. The number of rotatable bonds is 6. The molecule has 2 amide bonds. The van der Waals surface area contributed by atoms with E-state index in [-0.39, 0.29) is 18.6 Å². The number of fused-ring (bicyclic) bond motifs is 1. The number of carbonyl (C=O) groups is 2. The van der Waals surface area contributed by atoms with Crippen LogP contribution in [0.25, 0.3) is 22.8 Å². The predicted molar refractivity (Wildman–Crippen MR) is 149 cm³/mol. The van der Waals surface area contributed by atoms with Gasteiger partial charge in [0, 0.05) is 24.2 Å². The van der Waals surface area contributed by atoms with Crippen LogP contribution in [0.5, 0.6) is 5.75 Å². The summed E-state index contributed by atoms with van der Waals surface area (Å²) in [6.07, 6.45) is 0.708. The predicted octanol–water partition coefficient (Wildman–Crippen LogP) is 4.82. The van der Waals surface area contributed by atoms with Gasteiger partial charge in [-0.3, -0.25) is 4.79 Å². The zero-order valence-electron chi connectivity index (χ0n) is 23.8. The Morgan fingerprint density at radius 3 is 2.62 bits per heavy atom. The number of hydrogen-bond donors (Lipinski definition) is 1. The summed E-state index contributed by atoms with van der Waals surface area (Å²) in [5.41, 5.74) is 4.60. The highest BCUT2D eigenvalue weighted by atomic mass is 16.6. The fourth-order valence-corrected chi connectivity index (χ4v) is 4.63. The first kappa shape index (κ1) is 28.6. The maximum atomic E-state index is 12.8. The van der Waals surface area contributed by atoms with E-state index in [9.17, 15) is 14.9 Å². The first-order chi connectivity index (χ1) is 18.9. The van der Waals surface area contributed by atoms with Crippen LogP contribution in [0.3, 0.4) is 0 Å². The van der Waals surface area contributed by atoms with Crippen LogP contribution in [0.4, 0.5) is 4.79 Å². The van der Waals surface area contributed by atoms with Gasteiger partial charge in [-0.15, -0.1) is 0 Å². The lowest BCUT2D eigenvalue weighted by Crippen LogP contribution is -2.42. The molecule has 0 spiro atoms. The molecule has 10 nitrogen and oxygen atoms in total. The van der Waals surface area contributed by atoms with Crippen molar-refractivity contribution < 1.29 is 23.6 Å². The van der Waals surface area contributed by atoms with Crippen molar-refractivity contribution in [2.24, 2.45) is 0 Å². The molecule has 0 aliphatic carbocycles. The van der Waals surface area contributed by atoms with E-state index < -0.39 is 11.7 Å². The Morgan fingerprint density at radius 1 is 1.18 bits per heavy atom. The van der Waals surface area contributed by atoms with E-state index in [1.54, 1.807) is 43.9 Å². The molecule has 0 saturated carbocycles. The molecule has 210 valence electrons. The Kier molecular flexibility index (Phi) is 8.43. The number of amides is 2. The number of ether oxygens (including phenoxy) is 2. The van der Waals surface area contributed by atoms with Crippen LogP contribution < -0.4 is 10.1 Å². The first-order valence-corrected chi connectivity index (χ1v) is 13.4. The van der Waals surface area contributed by atoms with E-state index in [1.165, 1.54) is 5.56 Å². The van der Waals surface area contributed by atoms with Crippen LogP contribution in [0.1, 0.15) is 56.9 Å². The Bertz CT molecular complexity index is 1450. The Labute approximate surface area is 234 Å². The maximum Gasteiger partial charge on any atom is 0.408 e. The molecule has 1 N–H and O–H groups in total. The third-order valence-corrected chi connectivity index (χ3v) is 6.49. The average molecular weight is 546 g/mol. The number of hydrogen-bond acceptors (Lipinski definition) is 8. The molecule has 0 saturated heterocycles. The van der Waals surface area contributed by atoms with Crippen molar-refractivity contribution in [3.63, 3.8) is 0 Å². The van der Waals surface area contributed by atoms with E-state index in [0.717, 1.165) is 16.7 Å². The Balaban J connectivity index is 1.47. The Morgan fingerprint density at radius 2 is 1.93 bits per heavy atom. The van der Waals surface area contributed by atoms with Crippen molar-refractivity contribution in [3.05, 3.63) is 52.6 Å². The quantitative estimate of drug-likeness (QED) is 0.466. The SMILES string of the molecule is Cc1c(-c2noc(-c3ccc(OC(C)C)c(C#N)c3)n2)ccc2c1CCN(C(=O)CNC(=O)OC(C)(C)C)CC2. The van der Waals surface area contributed by atoms with Crippen molar-refractivity contribution in [2.45, 2.75) is 66.1 Å². The standard InChI is InChI=1S/C30H35N5O5/c1-18(2)38-25-10-8-21(15-22(25)16-31)28-33-27(34-40-28)24-9-7-20-11-13-35(14-12-23(20)19(24)3)26(36)17-32-29(37)39-30(4,5)6/h7-10,15,18H,11-14,17H2,1-6H3,(H,32,37). The maximum absolute atomic E-state index is 12.8. The lowest BCUT2D eigenvalue weighted by atomic mass is 9.93. The van der Waals surface area contributed by atoms with Gasteiger partial charge in [0.25, 0.3) is 5.89 Å². The topological polar surface area (TPSA) is 131 Å². The van der Waals surface area contributed by atoms with Gasteiger partial charge >= 0.3 is 6.09 Å². The summed E-state index contributed by atoms with van der Waals surface area (Å²) in [7, 11) is 0. The van der Waals surface area contributed by atoms with Gasteiger partial charge in [0.2, 0.25) is 11.7 Å². The molecular weight excluding hydrogens is 510 g/mol. The molecule has 40 heavy (non-hydrogen) atoms. The molecule has 0 unspecified atom stereocenters. The smallest absolute Gasteiger partial charge is 0.408 e. The summed E-state index contributed by atoms with van der Waals surface area (Å²) in [5.74, 6) is 1.12. The molecule has 2 aromatic carbocycles. The van der Waals surface area contributed by atoms with Crippen molar-refractivity contribution >= 4 is 12.0 Å². The monoisotopic (exact) mass is 545 g/mol. The van der Waals surface area contributed by atoms with Crippen LogP contribution in [0.15, 0.2) is 34.9 Å². The molecule has 4 rings (SSSR count). The third kappa shape index (κ3) is 6.78. The normalized spacial score (nSPS) is 13.3. The molecule has 3 aromatic rings. The van der Waals surface area contributed by atoms with Crippen LogP contribution in [0.2, 0.25) is 0 Å². The van der Waals surface area contributed by atoms with Crippen LogP contribution in [0, 0.1) is 18.3 Å². The highest BCUT2D eigenvalue weighted by molar-refractivity contribution is 5.82. The van der Waals surface area contributed by atoms with E-state index in [2.05, 4.69) is 21.5 Å². The number of nitriles is 1. The van der Waals surface area contributed by atoms with Gasteiger partial charge in [-0.25, -0.2) is 4.79 Å². The number of nitrogens with zero attached hydrogens (tertiary/aromatic N) is 4. The van der Waals surface area contributed by atoms with Crippen molar-refractivity contribution in [1.82, 2.24) is 20.4 Å². The molecule has 10 heteroatoms. The summed E-state index contributed by atoms with van der Waals surface area (Å²) >= 11 is 0. The van der Waals surface area contributed by atoms with Crippen LogP contribution in [-0.4, -0.2) is 58.4 Å². The lowest BCUT2D eigenvalue weighted by molar-refractivity contribution is -0.130. The number of nitrogens with one attached hydrogen (secondary N) is 1. The summed E-state index contributed by atoms with van der Waals surface area (Å²) in [6, 6.07) is 11.4. The second kappa shape index (κ2) is 11.8. The summed E-state index contributed by atoms with van der Waals surface area (Å²) in [6.45, 7) is 12.1. The van der Waals surface area contributed by atoms with E-state index in [4.69, 9.17) is 14.0 Å². The van der Waals surface area contributed by atoms with Gasteiger partial charge in [-0.1, -0.05) is 17.3 Å². The molecule has 1 aliphatic heterocycles. The minimum Gasteiger partial charge on any atom is -0.490 e. The van der Waals surface area contributed by atoms with E-state index in [1.807, 2.05) is 32.9 Å². The molecule has 0 fully saturated rings. The third-order valence-electron chi connectivity index (χ3n) is 6.49. The molecule has 1 aliphatic rings. The Hall–Kier alpha value is -4.39. The molecule has 1 aromatic heterocycles. The zero-order valence-corrected chi connectivity index (χ0v) is 23.8. The number of aromatic nitrogens is 2. The molecule has 0 radical (unpaired) electrons.